The van der Waals surface area contributed by atoms with Gasteiger partial charge in [-0.1, -0.05) is 42.5 Å². The Morgan fingerprint density at radius 1 is 1.04 bits per heavy atom. The van der Waals surface area contributed by atoms with Crippen LogP contribution in [0, 0.1) is 20.8 Å². The van der Waals surface area contributed by atoms with E-state index in [-0.39, 0.29) is 30.2 Å². The van der Waals surface area contributed by atoms with Crippen molar-refractivity contribution in [3.8, 4) is 5.75 Å². The number of amides is 2. The van der Waals surface area contributed by atoms with Crippen molar-refractivity contribution in [2.45, 2.75) is 89.5 Å². The smallest absolute Gasteiger partial charge is 0.408 e. The molecule has 3 aromatic carbocycles. The first kappa shape index (κ1) is 40.0. The van der Waals surface area contributed by atoms with Gasteiger partial charge >= 0.3 is 6.09 Å². The van der Waals surface area contributed by atoms with E-state index in [1.165, 1.54) is 18.4 Å². The molecule has 0 saturated heterocycles. The fraction of sp³-hybridized carbons (Fsp3) is 0.405. The number of aliphatic hydroxyl groups is 1. The Morgan fingerprint density at radius 2 is 1.75 bits per heavy atom. The number of thiazole rings is 1. The molecule has 1 heterocycles. The van der Waals surface area contributed by atoms with Crippen molar-refractivity contribution in [1.82, 2.24) is 20.3 Å². The number of rotatable bonds is 14. The molecule has 1 aromatic heterocycles. The third-order valence-corrected chi connectivity index (χ3v) is 10.8. The van der Waals surface area contributed by atoms with Crippen LogP contribution in [0.25, 0.3) is 10.8 Å². The van der Waals surface area contributed by atoms with Crippen LogP contribution in [-0.2, 0) is 26.0 Å². The molecule has 4 rings (SSSR count). The number of nitrogens with zero attached hydrogens (tertiary/aromatic N) is 2. The number of carbonyl (C=O) groups is 2. The van der Waals surface area contributed by atoms with Gasteiger partial charge in [-0.15, -0.1) is 11.3 Å². The minimum atomic E-state index is -4.06. The molecule has 0 bridgehead atoms. The van der Waals surface area contributed by atoms with Gasteiger partial charge in [0.1, 0.15) is 28.5 Å². The molecular formula is C37H48N6O7S2. The molecule has 0 saturated carbocycles. The highest BCUT2D eigenvalue weighted by Crippen LogP contribution is 2.30. The van der Waals surface area contributed by atoms with E-state index >= 15 is 0 Å². The van der Waals surface area contributed by atoms with Gasteiger partial charge < -0.3 is 30.9 Å². The molecule has 3 atom stereocenters. The van der Waals surface area contributed by atoms with Gasteiger partial charge in [0.25, 0.3) is 10.0 Å². The third-order valence-electron chi connectivity index (χ3n) is 8.34. The summed E-state index contributed by atoms with van der Waals surface area (Å²) in [6.45, 7) is 10.4. The molecule has 52 heavy (non-hydrogen) atoms. The summed E-state index contributed by atoms with van der Waals surface area (Å²) in [5, 5.41) is 21.1. The Labute approximate surface area is 309 Å². The minimum Gasteiger partial charge on any atom is -0.496 e. The van der Waals surface area contributed by atoms with Gasteiger partial charge in [-0.2, -0.15) is 0 Å². The summed E-state index contributed by atoms with van der Waals surface area (Å²) in [6.07, 6.45) is 0.318. The SMILES string of the molecule is COc1cc(C)c(S(=O)(=O)NC(N)=NCCC[C@H](NC(=O)[C@H](Cc2ccc3ccccc3c2)NC(=O)OC(C)(C)C)C(O)c2nccs2)c(C)c1C. The summed E-state index contributed by atoms with van der Waals surface area (Å²) in [6, 6.07) is 13.4. The number of fused-ring (bicyclic) bond motifs is 1. The number of carbonyl (C=O) groups excluding carboxylic acids is 2. The van der Waals surface area contributed by atoms with E-state index in [1.54, 1.807) is 59.2 Å². The predicted molar refractivity (Wildman–Crippen MR) is 203 cm³/mol. The molecule has 0 aliphatic heterocycles. The normalized spacial score (nSPS) is 14.0. The molecule has 2 amide bonds. The van der Waals surface area contributed by atoms with Crippen LogP contribution in [0.1, 0.15) is 67.0 Å². The summed E-state index contributed by atoms with van der Waals surface area (Å²) >= 11 is 1.24. The van der Waals surface area contributed by atoms with Gasteiger partial charge in [-0.25, -0.2) is 22.9 Å². The maximum Gasteiger partial charge on any atom is 0.408 e. The van der Waals surface area contributed by atoms with Crippen molar-refractivity contribution in [1.29, 1.82) is 0 Å². The number of aromatic nitrogens is 1. The quantitative estimate of drug-likeness (QED) is 0.0673. The van der Waals surface area contributed by atoms with Crippen molar-refractivity contribution in [2.75, 3.05) is 13.7 Å². The molecule has 0 aliphatic rings. The zero-order valence-electron chi connectivity index (χ0n) is 30.5. The number of aliphatic imine (C=N–C) groups is 1. The van der Waals surface area contributed by atoms with Gasteiger partial charge in [0.05, 0.1) is 18.0 Å². The van der Waals surface area contributed by atoms with Crippen LogP contribution < -0.4 is 25.8 Å². The van der Waals surface area contributed by atoms with Crippen molar-refractivity contribution in [3.63, 3.8) is 0 Å². The van der Waals surface area contributed by atoms with Crippen LogP contribution in [0.2, 0.25) is 0 Å². The van der Waals surface area contributed by atoms with E-state index in [0.29, 0.717) is 33.9 Å². The van der Waals surface area contributed by atoms with E-state index in [4.69, 9.17) is 15.2 Å². The van der Waals surface area contributed by atoms with E-state index in [9.17, 15) is 23.1 Å². The number of guanidine groups is 1. The topological polar surface area (TPSA) is 194 Å². The van der Waals surface area contributed by atoms with Crippen LogP contribution >= 0.6 is 11.3 Å². The molecule has 0 radical (unpaired) electrons. The Hall–Kier alpha value is -4.73. The van der Waals surface area contributed by atoms with E-state index < -0.39 is 45.8 Å². The number of methoxy groups -OCH3 is 1. The molecule has 0 spiro atoms. The fourth-order valence-corrected chi connectivity index (χ4v) is 7.95. The molecule has 0 aliphatic carbocycles. The van der Waals surface area contributed by atoms with Crippen molar-refractivity contribution < 1.29 is 32.6 Å². The second kappa shape index (κ2) is 17.2. The number of aryl methyl sites for hydroxylation is 1. The number of nitrogens with two attached hydrogens (primary N) is 1. The number of aliphatic hydroxyl groups excluding tert-OH is 1. The van der Waals surface area contributed by atoms with Gasteiger partial charge in [0.15, 0.2) is 0 Å². The highest BCUT2D eigenvalue weighted by Gasteiger charge is 2.30. The molecule has 280 valence electrons. The summed E-state index contributed by atoms with van der Waals surface area (Å²) in [5.41, 5.74) is 7.76. The first-order valence-electron chi connectivity index (χ1n) is 16.8. The monoisotopic (exact) mass is 752 g/mol. The predicted octanol–water partition coefficient (Wildman–Crippen LogP) is 4.96. The van der Waals surface area contributed by atoms with Crippen LogP contribution in [0.15, 0.2) is 70.0 Å². The Kier molecular flexibility index (Phi) is 13.2. The van der Waals surface area contributed by atoms with Crippen LogP contribution in [0.5, 0.6) is 5.75 Å². The lowest BCUT2D eigenvalue weighted by atomic mass is 10.00. The number of hydrogen-bond acceptors (Lipinski definition) is 10. The first-order chi connectivity index (χ1) is 24.5. The van der Waals surface area contributed by atoms with Gasteiger partial charge in [0.2, 0.25) is 11.9 Å². The summed E-state index contributed by atoms with van der Waals surface area (Å²) in [4.78, 5) is 35.3. The minimum absolute atomic E-state index is 0.0849. The Morgan fingerprint density at radius 3 is 2.40 bits per heavy atom. The third kappa shape index (κ3) is 10.7. The van der Waals surface area contributed by atoms with Gasteiger partial charge in [-0.3, -0.25) is 9.79 Å². The zero-order valence-corrected chi connectivity index (χ0v) is 32.2. The molecule has 15 heteroatoms. The number of benzene rings is 3. The lowest BCUT2D eigenvalue weighted by Gasteiger charge is -2.27. The number of hydrogen-bond donors (Lipinski definition) is 5. The lowest BCUT2D eigenvalue weighted by Crippen LogP contribution is -2.52. The second-order valence-corrected chi connectivity index (χ2v) is 16.0. The van der Waals surface area contributed by atoms with Crippen LogP contribution in [0.3, 0.4) is 0 Å². The number of nitrogens with one attached hydrogen (secondary N) is 3. The van der Waals surface area contributed by atoms with Crippen molar-refractivity contribution in [3.05, 3.63) is 87.4 Å². The molecule has 1 unspecified atom stereocenters. The van der Waals surface area contributed by atoms with E-state index in [2.05, 4.69) is 25.3 Å². The molecule has 0 fully saturated rings. The molecule has 4 aromatic rings. The molecule has 13 nitrogen and oxygen atoms in total. The highest BCUT2D eigenvalue weighted by atomic mass is 32.2. The first-order valence-corrected chi connectivity index (χ1v) is 19.2. The number of alkyl carbamates (subject to hydrolysis) is 1. The van der Waals surface area contributed by atoms with E-state index in [1.807, 2.05) is 42.5 Å². The highest BCUT2D eigenvalue weighted by molar-refractivity contribution is 7.90. The lowest BCUT2D eigenvalue weighted by molar-refractivity contribution is -0.124. The van der Waals surface area contributed by atoms with Crippen LogP contribution in [0.4, 0.5) is 4.79 Å². The molecular weight excluding hydrogens is 705 g/mol. The summed E-state index contributed by atoms with van der Waals surface area (Å²) in [5.74, 6) is -0.251. The van der Waals surface area contributed by atoms with Crippen molar-refractivity contribution >= 4 is 50.1 Å². The van der Waals surface area contributed by atoms with Gasteiger partial charge in [0, 0.05) is 24.5 Å². The fourth-order valence-electron chi connectivity index (χ4n) is 5.78. The Bertz CT molecular complexity index is 2010. The van der Waals surface area contributed by atoms with Gasteiger partial charge in [-0.05, 0) is 93.5 Å². The molecule has 6 N–H and O–H groups in total. The number of ether oxygens (including phenoxy) is 2. The summed E-state index contributed by atoms with van der Waals surface area (Å²) in [7, 11) is -2.54. The van der Waals surface area contributed by atoms with Crippen molar-refractivity contribution in [2.24, 2.45) is 10.7 Å². The standard InChI is InChI=1S/C37H48N6O7S2/c1-22-19-30(49-7)23(2)24(3)32(22)52(47,48)43-35(38)40-16-10-13-28(31(44)34-39-17-18-51-34)41-33(45)29(42-36(46)50-37(4,5)6)21-25-14-15-26-11-8-9-12-27(26)20-25/h8-9,11-12,14-15,17-20,28-29,31,44H,10,13,16,21H2,1-7H3,(H,41,45)(H,42,46)(H3,38,40,43)/t28-,29-,31?/m0/s1. The van der Waals surface area contributed by atoms with E-state index in [0.717, 1.165) is 16.3 Å². The average Bonchev–Trinajstić information content (AvgIpc) is 3.61. The second-order valence-electron chi connectivity index (χ2n) is 13.5. The average molecular weight is 753 g/mol. The number of sulfonamides is 1. The maximum atomic E-state index is 13.9. The largest absolute Gasteiger partial charge is 0.496 e. The Balaban J connectivity index is 1.49. The zero-order chi connectivity index (χ0) is 38.2. The van der Waals surface area contributed by atoms with Crippen LogP contribution in [-0.4, -0.2) is 67.8 Å². The maximum absolute atomic E-state index is 13.9. The summed E-state index contributed by atoms with van der Waals surface area (Å²) < 4.78 is 39.8.